The van der Waals surface area contributed by atoms with Crippen LogP contribution in [-0.4, -0.2) is 47.2 Å². The second-order valence-corrected chi connectivity index (χ2v) is 5.78. The van der Waals surface area contributed by atoms with Gasteiger partial charge in [-0.05, 0) is 45.5 Å². The number of likely N-dealkylation sites (N-methyl/N-ethyl adjacent to an activating group) is 1. The Bertz CT molecular complexity index is 417. The Morgan fingerprint density at radius 2 is 2.11 bits per heavy atom. The van der Waals surface area contributed by atoms with Crippen molar-refractivity contribution in [3.63, 3.8) is 0 Å². The number of rotatable bonds is 2. The molecule has 0 bridgehead atoms. The normalized spacial score (nSPS) is 21.9. The monoisotopic (exact) mass is 249 g/mol. The summed E-state index contributed by atoms with van der Waals surface area (Å²) >= 11 is 0. The first-order chi connectivity index (χ1) is 8.40. The van der Waals surface area contributed by atoms with E-state index < -0.39 is 6.10 Å². The molecule has 2 rings (SSSR count). The van der Waals surface area contributed by atoms with Gasteiger partial charge in [-0.3, -0.25) is 4.90 Å². The number of hydrogen-bond acceptors (Lipinski definition) is 4. The number of pyridine rings is 1. The summed E-state index contributed by atoms with van der Waals surface area (Å²) in [5.41, 5.74) is 1.08. The highest BCUT2D eigenvalue weighted by Crippen LogP contribution is 2.24. The zero-order valence-electron chi connectivity index (χ0n) is 11.7. The molecule has 1 aromatic rings. The van der Waals surface area contributed by atoms with Crippen LogP contribution in [0.4, 0.5) is 5.82 Å². The molecule has 4 nitrogen and oxygen atoms in total. The second-order valence-electron chi connectivity index (χ2n) is 5.78. The van der Waals surface area contributed by atoms with E-state index in [2.05, 4.69) is 35.7 Å². The van der Waals surface area contributed by atoms with E-state index >= 15 is 0 Å². The average Bonchev–Trinajstić information content (AvgIpc) is 2.33. The molecule has 0 radical (unpaired) electrons. The molecule has 18 heavy (non-hydrogen) atoms. The Balaban J connectivity index is 2.19. The minimum absolute atomic E-state index is 0.154. The topological polar surface area (TPSA) is 39.6 Å². The van der Waals surface area contributed by atoms with Crippen LogP contribution in [0, 0.1) is 0 Å². The first-order valence-corrected chi connectivity index (χ1v) is 6.50. The fourth-order valence-corrected chi connectivity index (χ4v) is 2.30. The minimum Gasteiger partial charge on any atom is -0.389 e. The summed E-state index contributed by atoms with van der Waals surface area (Å²) in [4.78, 5) is 9.11. The number of hydrogen-bond donors (Lipinski definition) is 1. The van der Waals surface area contributed by atoms with Crippen LogP contribution in [0.2, 0.25) is 0 Å². The summed E-state index contributed by atoms with van der Waals surface area (Å²) in [5, 5.41) is 9.64. The van der Waals surface area contributed by atoms with Gasteiger partial charge in [-0.1, -0.05) is 0 Å². The Hall–Kier alpha value is -1.13. The first kappa shape index (κ1) is 13.3. The molecule has 4 heteroatoms. The molecule has 0 spiro atoms. The van der Waals surface area contributed by atoms with Crippen LogP contribution in [0.3, 0.4) is 0 Å². The van der Waals surface area contributed by atoms with Crippen LogP contribution in [0.5, 0.6) is 0 Å². The van der Waals surface area contributed by atoms with Crippen LogP contribution < -0.4 is 4.90 Å². The number of aromatic nitrogens is 1. The third-order valence-corrected chi connectivity index (χ3v) is 3.89. The van der Waals surface area contributed by atoms with Gasteiger partial charge in [0.15, 0.2) is 0 Å². The van der Waals surface area contributed by atoms with E-state index in [1.165, 1.54) is 0 Å². The quantitative estimate of drug-likeness (QED) is 0.865. The van der Waals surface area contributed by atoms with E-state index in [4.69, 9.17) is 0 Å². The van der Waals surface area contributed by atoms with Crippen molar-refractivity contribution in [2.75, 3.05) is 31.6 Å². The van der Waals surface area contributed by atoms with Crippen LogP contribution in [-0.2, 0) is 0 Å². The smallest absolute Gasteiger partial charge is 0.128 e. The Morgan fingerprint density at radius 3 is 2.72 bits per heavy atom. The molecule has 1 saturated heterocycles. The largest absolute Gasteiger partial charge is 0.389 e. The minimum atomic E-state index is -0.438. The fraction of sp³-hybridized carbons (Fsp3) is 0.643. The van der Waals surface area contributed by atoms with Gasteiger partial charge in [-0.15, -0.1) is 0 Å². The molecular formula is C14H23N3O. The molecule has 0 saturated carbocycles. The highest BCUT2D eigenvalue weighted by molar-refractivity contribution is 5.42. The van der Waals surface area contributed by atoms with Gasteiger partial charge in [0.25, 0.3) is 0 Å². The van der Waals surface area contributed by atoms with E-state index in [0.717, 1.165) is 31.0 Å². The van der Waals surface area contributed by atoms with Gasteiger partial charge < -0.3 is 10.0 Å². The van der Waals surface area contributed by atoms with Gasteiger partial charge in [0.2, 0.25) is 0 Å². The van der Waals surface area contributed by atoms with Crippen LogP contribution in [0.1, 0.15) is 32.4 Å². The molecule has 0 unspecified atom stereocenters. The van der Waals surface area contributed by atoms with Crippen molar-refractivity contribution < 1.29 is 5.11 Å². The lowest BCUT2D eigenvalue weighted by atomic mass is 9.99. The van der Waals surface area contributed by atoms with Gasteiger partial charge in [-0.25, -0.2) is 4.98 Å². The maximum absolute atomic E-state index is 9.64. The van der Waals surface area contributed by atoms with Gasteiger partial charge in [0.1, 0.15) is 5.82 Å². The number of aliphatic hydroxyl groups is 1. The highest BCUT2D eigenvalue weighted by Gasteiger charge is 2.31. The van der Waals surface area contributed by atoms with Crippen molar-refractivity contribution in [2.24, 2.45) is 0 Å². The summed E-state index contributed by atoms with van der Waals surface area (Å²) in [6.45, 7) is 9.26. The maximum atomic E-state index is 9.64. The van der Waals surface area contributed by atoms with Crippen LogP contribution in [0.15, 0.2) is 18.3 Å². The predicted octanol–water partition coefficient (Wildman–Crippen LogP) is 1.67. The fourth-order valence-electron chi connectivity index (χ4n) is 2.30. The molecule has 1 atom stereocenters. The molecule has 1 aromatic heterocycles. The second kappa shape index (κ2) is 4.86. The van der Waals surface area contributed by atoms with E-state index in [0.29, 0.717) is 0 Å². The van der Waals surface area contributed by atoms with Gasteiger partial charge in [0.05, 0.1) is 6.10 Å². The van der Waals surface area contributed by atoms with E-state index in [-0.39, 0.29) is 5.54 Å². The Labute approximate surface area is 109 Å². The van der Waals surface area contributed by atoms with Crippen molar-refractivity contribution in [1.29, 1.82) is 0 Å². The number of aliphatic hydroxyl groups excluding tert-OH is 1. The van der Waals surface area contributed by atoms with Gasteiger partial charge in [-0.2, -0.15) is 0 Å². The molecule has 0 amide bonds. The summed E-state index contributed by atoms with van der Waals surface area (Å²) in [6.07, 6.45) is 1.34. The molecular weight excluding hydrogens is 226 g/mol. The van der Waals surface area contributed by atoms with Gasteiger partial charge >= 0.3 is 0 Å². The van der Waals surface area contributed by atoms with Crippen molar-refractivity contribution >= 4 is 5.82 Å². The Morgan fingerprint density at radius 1 is 1.39 bits per heavy atom. The van der Waals surface area contributed by atoms with Crippen molar-refractivity contribution in [2.45, 2.75) is 32.4 Å². The Kier molecular flexibility index (Phi) is 3.59. The SMILES string of the molecule is C[C@H](O)c1ccnc(N2CCN(C)C(C)(C)C2)c1. The lowest BCUT2D eigenvalue weighted by Crippen LogP contribution is -2.57. The maximum Gasteiger partial charge on any atom is 0.128 e. The van der Waals surface area contributed by atoms with Crippen molar-refractivity contribution in [3.05, 3.63) is 23.9 Å². The lowest BCUT2D eigenvalue weighted by Gasteiger charge is -2.45. The first-order valence-electron chi connectivity index (χ1n) is 6.50. The summed E-state index contributed by atoms with van der Waals surface area (Å²) < 4.78 is 0. The zero-order valence-corrected chi connectivity index (χ0v) is 11.7. The molecule has 1 aliphatic rings. The number of nitrogens with zero attached hydrogens (tertiary/aromatic N) is 3. The lowest BCUT2D eigenvalue weighted by molar-refractivity contribution is 0.138. The third kappa shape index (κ3) is 2.65. The van der Waals surface area contributed by atoms with E-state index in [1.54, 1.807) is 13.1 Å². The van der Waals surface area contributed by atoms with Crippen molar-refractivity contribution in [3.8, 4) is 0 Å². The molecule has 0 aliphatic carbocycles. The summed E-state index contributed by atoms with van der Waals surface area (Å²) in [7, 11) is 2.16. The molecule has 2 heterocycles. The summed E-state index contributed by atoms with van der Waals surface area (Å²) in [6, 6.07) is 3.86. The molecule has 1 fully saturated rings. The zero-order chi connectivity index (χ0) is 13.3. The molecule has 0 aromatic carbocycles. The van der Waals surface area contributed by atoms with Crippen LogP contribution in [0.25, 0.3) is 0 Å². The molecule has 1 N–H and O–H groups in total. The molecule has 1 aliphatic heterocycles. The van der Waals surface area contributed by atoms with Gasteiger partial charge in [0, 0.05) is 31.4 Å². The molecule has 100 valence electrons. The highest BCUT2D eigenvalue weighted by atomic mass is 16.3. The third-order valence-electron chi connectivity index (χ3n) is 3.89. The standard InChI is InChI=1S/C14H23N3O/c1-11(18)12-5-6-15-13(9-12)17-8-7-16(4)14(2,3)10-17/h5-6,9,11,18H,7-8,10H2,1-4H3/t11-/m0/s1. The predicted molar refractivity (Wildman–Crippen MR) is 73.8 cm³/mol. The number of anilines is 1. The summed E-state index contributed by atoms with van der Waals surface area (Å²) in [5.74, 6) is 0.967. The average molecular weight is 249 g/mol. The number of piperazine rings is 1. The van der Waals surface area contributed by atoms with Crippen molar-refractivity contribution in [1.82, 2.24) is 9.88 Å². The van der Waals surface area contributed by atoms with Crippen LogP contribution >= 0.6 is 0 Å². The van der Waals surface area contributed by atoms with E-state index in [9.17, 15) is 5.11 Å². The van der Waals surface area contributed by atoms with E-state index in [1.807, 2.05) is 12.1 Å².